The highest BCUT2D eigenvalue weighted by Gasteiger charge is 2.13. The first kappa shape index (κ1) is 16.1. The Kier molecular flexibility index (Phi) is 4.27. The fourth-order valence-corrected chi connectivity index (χ4v) is 2.95. The lowest BCUT2D eigenvalue weighted by molar-refractivity contribution is 0.627. The minimum absolute atomic E-state index is 0.297. The lowest BCUT2D eigenvalue weighted by Crippen LogP contribution is -2.03. The van der Waals surface area contributed by atoms with Crippen LogP contribution in [-0.2, 0) is 6.54 Å². The van der Waals surface area contributed by atoms with Crippen LogP contribution >= 0.6 is 0 Å². The molecule has 0 unspecified atom stereocenters. The summed E-state index contributed by atoms with van der Waals surface area (Å²) in [6.45, 7) is 2.96. The normalized spacial score (nSPS) is 11.6. The average Bonchev–Trinajstić information content (AvgIpc) is 2.96. The third-order valence-electron chi connectivity index (χ3n) is 4.05. The fraction of sp³-hybridized carbons (Fsp3) is 0.158. The van der Waals surface area contributed by atoms with Crippen molar-refractivity contribution < 1.29 is 4.39 Å². The van der Waals surface area contributed by atoms with Gasteiger partial charge in [-0.1, -0.05) is 37.3 Å². The van der Waals surface area contributed by atoms with Crippen molar-refractivity contribution in [3.05, 3.63) is 59.9 Å². The Balaban J connectivity index is 1.68. The Labute approximate surface area is 149 Å². The number of aromatic nitrogens is 4. The van der Waals surface area contributed by atoms with Crippen LogP contribution in [0.5, 0.6) is 0 Å². The summed E-state index contributed by atoms with van der Waals surface area (Å²) in [6.07, 6.45) is 2.50. The monoisotopic (exact) mass is 348 g/mol. The summed E-state index contributed by atoms with van der Waals surface area (Å²) in [4.78, 5) is 4.57. The van der Waals surface area contributed by atoms with Crippen molar-refractivity contribution in [2.45, 2.75) is 19.9 Å². The molecule has 6 nitrogen and oxygen atoms in total. The van der Waals surface area contributed by atoms with Crippen molar-refractivity contribution in [2.24, 2.45) is 5.10 Å². The first-order chi connectivity index (χ1) is 12.8. The molecule has 26 heavy (non-hydrogen) atoms. The van der Waals surface area contributed by atoms with E-state index >= 15 is 0 Å². The molecule has 4 aromatic rings. The van der Waals surface area contributed by atoms with Crippen molar-refractivity contribution in [2.75, 3.05) is 5.43 Å². The van der Waals surface area contributed by atoms with Gasteiger partial charge in [0.2, 0.25) is 0 Å². The molecular formula is C19H17FN6. The van der Waals surface area contributed by atoms with E-state index in [1.54, 1.807) is 12.1 Å². The van der Waals surface area contributed by atoms with Gasteiger partial charge in [0.05, 0.1) is 11.7 Å². The van der Waals surface area contributed by atoms with E-state index < -0.39 is 0 Å². The van der Waals surface area contributed by atoms with Gasteiger partial charge in [-0.2, -0.15) is 10.1 Å². The molecule has 7 heteroatoms. The molecule has 130 valence electrons. The van der Waals surface area contributed by atoms with Crippen LogP contribution in [0.2, 0.25) is 0 Å². The molecule has 0 aliphatic heterocycles. The molecule has 0 bridgehead atoms. The SMILES string of the molecule is CCCn1c2ccccc2c2nnc(N/N=C/c3cccc(F)c3)nc21. The highest BCUT2D eigenvalue weighted by Crippen LogP contribution is 2.26. The summed E-state index contributed by atoms with van der Waals surface area (Å²) < 4.78 is 15.3. The zero-order valence-electron chi connectivity index (χ0n) is 14.2. The second kappa shape index (κ2) is 6.87. The van der Waals surface area contributed by atoms with Crippen molar-refractivity contribution in [1.82, 2.24) is 19.7 Å². The van der Waals surface area contributed by atoms with Crippen molar-refractivity contribution >= 4 is 34.2 Å². The highest BCUT2D eigenvalue weighted by atomic mass is 19.1. The number of anilines is 1. The first-order valence-corrected chi connectivity index (χ1v) is 8.42. The molecule has 0 atom stereocenters. The number of para-hydroxylation sites is 1. The predicted octanol–water partition coefficient (Wildman–Crippen LogP) is 3.97. The molecule has 1 N–H and O–H groups in total. The number of nitrogens with zero attached hydrogens (tertiary/aromatic N) is 5. The van der Waals surface area contributed by atoms with Gasteiger partial charge in [0.1, 0.15) is 11.3 Å². The Morgan fingerprint density at radius 2 is 2.04 bits per heavy atom. The van der Waals surface area contributed by atoms with E-state index in [1.807, 2.05) is 18.2 Å². The number of halogens is 1. The lowest BCUT2D eigenvalue weighted by atomic mass is 10.2. The zero-order valence-corrected chi connectivity index (χ0v) is 14.2. The molecule has 0 saturated carbocycles. The Hall–Kier alpha value is -3.35. The molecule has 0 aliphatic rings. The van der Waals surface area contributed by atoms with Gasteiger partial charge in [-0.15, -0.1) is 10.2 Å². The van der Waals surface area contributed by atoms with Gasteiger partial charge in [-0.3, -0.25) is 0 Å². The summed E-state index contributed by atoms with van der Waals surface area (Å²) in [6, 6.07) is 14.2. The van der Waals surface area contributed by atoms with Gasteiger partial charge in [0, 0.05) is 11.9 Å². The number of rotatable bonds is 5. The van der Waals surface area contributed by atoms with Gasteiger partial charge >= 0.3 is 0 Å². The maximum atomic E-state index is 13.2. The molecule has 0 fully saturated rings. The van der Waals surface area contributed by atoms with Crippen LogP contribution in [0.4, 0.5) is 10.3 Å². The van der Waals surface area contributed by atoms with Gasteiger partial charge < -0.3 is 4.57 Å². The molecule has 2 aromatic heterocycles. The number of fused-ring (bicyclic) bond motifs is 3. The summed E-state index contributed by atoms with van der Waals surface area (Å²) in [5, 5.41) is 13.5. The molecule has 2 aromatic carbocycles. The zero-order chi connectivity index (χ0) is 17.9. The van der Waals surface area contributed by atoms with Crippen LogP contribution < -0.4 is 5.43 Å². The highest BCUT2D eigenvalue weighted by molar-refractivity contribution is 6.04. The average molecular weight is 348 g/mol. The second-order valence-electron chi connectivity index (χ2n) is 5.90. The smallest absolute Gasteiger partial charge is 0.265 e. The molecular weight excluding hydrogens is 331 g/mol. The Morgan fingerprint density at radius 3 is 2.88 bits per heavy atom. The summed E-state index contributed by atoms with van der Waals surface area (Å²) in [5.41, 5.74) is 6.04. The minimum Gasteiger partial charge on any atom is -0.324 e. The molecule has 0 amide bonds. The minimum atomic E-state index is -0.308. The Morgan fingerprint density at radius 1 is 1.15 bits per heavy atom. The fourth-order valence-electron chi connectivity index (χ4n) is 2.95. The number of nitrogens with one attached hydrogen (secondary N) is 1. The van der Waals surface area contributed by atoms with Crippen molar-refractivity contribution in [3.63, 3.8) is 0 Å². The first-order valence-electron chi connectivity index (χ1n) is 8.42. The number of benzene rings is 2. The maximum absolute atomic E-state index is 13.2. The number of hydrogen-bond donors (Lipinski definition) is 1. The van der Waals surface area contributed by atoms with E-state index in [4.69, 9.17) is 0 Å². The van der Waals surface area contributed by atoms with Crippen LogP contribution in [0, 0.1) is 5.82 Å². The standard InChI is InChI=1S/C19H17FN6/c1-2-10-26-16-9-4-3-8-15(16)17-18(26)22-19(25-23-17)24-21-12-13-6-5-7-14(20)11-13/h3-9,11-12H,2,10H2,1H3,(H,22,24,25)/b21-12+. The molecule has 0 saturated heterocycles. The summed E-state index contributed by atoms with van der Waals surface area (Å²) >= 11 is 0. The lowest BCUT2D eigenvalue weighted by Gasteiger charge is -2.04. The van der Waals surface area contributed by atoms with Crippen LogP contribution in [-0.4, -0.2) is 26.0 Å². The van der Waals surface area contributed by atoms with Crippen molar-refractivity contribution in [1.29, 1.82) is 0 Å². The number of hydrazone groups is 1. The van der Waals surface area contributed by atoms with E-state index in [9.17, 15) is 4.39 Å². The molecule has 0 aliphatic carbocycles. The quantitative estimate of drug-likeness (QED) is 0.438. The van der Waals surface area contributed by atoms with Gasteiger partial charge in [-0.25, -0.2) is 9.82 Å². The number of aryl methyl sites for hydroxylation is 1. The van der Waals surface area contributed by atoms with E-state index in [0.717, 1.165) is 35.0 Å². The molecule has 0 spiro atoms. The van der Waals surface area contributed by atoms with E-state index in [2.05, 4.69) is 43.3 Å². The second-order valence-corrected chi connectivity index (χ2v) is 5.90. The maximum Gasteiger partial charge on any atom is 0.265 e. The van der Waals surface area contributed by atoms with Crippen LogP contribution in [0.25, 0.3) is 22.1 Å². The van der Waals surface area contributed by atoms with E-state index in [0.29, 0.717) is 11.5 Å². The number of hydrogen-bond acceptors (Lipinski definition) is 5. The van der Waals surface area contributed by atoms with Gasteiger partial charge in [0.15, 0.2) is 5.65 Å². The molecule has 0 radical (unpaired) electrons. The van der Waals surface area contributed by atoms with E-state index in [-0.39, 0.29) is 5.82 Å². The van der Waals surface area contributed by atoms with Crippen LogP contribution in [0.15, 0.2) is 53.6 Å². The predicted molar refractivity (Wildman–Crippen MR) is 101 cm³/mol. The van der Waals surface area contributed by atoms with Crippen LogP contribution in [0.1, 0.15) is 18.9 Å². The van der Waals surface area contributed by atoms with Gasteiger partial charge in [-0.05, 0) is 30.2 Å². The summed E-state index contributed by atoms with van der Waals surface area (Å²) in [7, 11) is 0. The topological polar surface area (TPSA) is 68.0 Å². The van der Waals surface area contributed by atoms with Gasteiger partial charge in [0.25, 0.3) is 5.95 Å². The largest absolute Gasteiger partial charge is 0.324 e. The van der Waals surface area contributed by atoms with Crippen LogP contribution in [0.3, 0.4) is 0 Å². The third kappa shape index (κ3) is 2.99. The summed E-state index contributed by atoms with van der Waals surface area (Å²) in [5.74, 6) is -0.0114. The Bertz CT molecular complexity index is 1100. The molecule has 2 heterocycles. The van der Waals surface area contributed by atoms with Crippen molar-refractivity contribution in [3.8, 4) is 0 Å². The molecule has 4 rings (SSSR count). The third-order valence-corrected chi connectivity index (χ3v) is 4.05. The van der Waals surface area contributed by atoms with E-state index in [1.165, 1.54) is 18.3 Å².